The molecule has 1 N–H and O–H groups in total. The fourth-order valence-electron chi connectivity index (χ4n) is 2.73. The van der Waals surface area contributed by atoms with Gasteiger partial charge in [0.2, 0.25) is 0 Å². The predicted molar refractivity (Wildman–Crippen MR) is 87.8 cm³/mol. The molecule has 0 aliphatic carbocycles. The lowest BCUT2D eigenvalue weighted by Crippen LogP contribution is -1.99. The van der Waals surface area contributed by atoms with E-state index in [9.17, 15) is 5.26 Å². The summed E-state index contributed by atoms with van der Waals surface area (Å²) in [7, 11) is 0. The molecule has 3 heteroatoms. The van der Waals surface area contributed by atoms with Crippen molar-refractivity contribution in [3.8, 4) is 6.07 Å². The van der Waals surface area contributed by atoms with E-state index in [-0.39, 0.29) is 5.92 Å². The number of aromatic amines is 1. The number of fused-ring (bicyclic) bond motifs is 1. The summed E-state index contributed by atoms with van der Waals surface area (Å²) in [4.78, 5) is 3.10. The number of aromatic nitrogens is 1. The van der Waals surface area contributed by atoms with Crippen LogP contribution in [0.15, 0.2) is 54.9 Å². The molecule has 0 spiro atoms. The summed E-state index contributed by atoms with van der Waals surface area (Å²) in [6, 6.07) is 16.1. The molecule has 3 aromatic rings. The van der Waals surface area contributed by atoms with Crippen LogP contribution in [-0.4, -0.2) is 4.98 Å². The SMILES string of the molecule is CC(c1c[nH]ccc1=S)c1ccc(C#N)c2ccccc12. The molecule has 0 aliphatic rings. The number of hydrogen-bond acceptors (Lipinski definition) is 2. The van der Waals surface area contributed by atoms with Crippen molar-refractivity contribution in [2.75, 3.05) is 0 Å². The van der Waals surface area contributed by atoms with Crippen molar-refractivity contribution >= 4 is 23.0 Å². The number of nitrogens with one attached hydrogen (secondary N) is 1. The Hall–Kier alpha value is -2.44. The zero-order valence-electron chi connectivity index (χ0n) is 11.6. The molecule has 1 unspecified atom stereocenters. The normalized spacial score (nSPS) is 12.0. The highest BCUT2D eigenvalue weighted by Gasteiger charge is 2.14. The minimum atomic E-state index is 0.174. The first-order valence-corrected chi connectivity index (χ1v) is 7.22. The molecule has 0 radical (unpaired) electrons. The molecule has 2 nitrogen and oxygen atoms in total. The molecule has 0 aliphatic heterocycles. The van der Waals surface area contributed by atoms with Gasteiger partial charge in [-0.15, -0.1) is 0 Å². The van der Waals surface area contributed by atoms with Crippen molar-refractivity contribution in [2.45, 2.75) is 12.8 Å². The van der Waals surface area contributed by atoms with Crippen LogP contribution >= 0.6 is 12.2 Å². The average Bonchev–Trinajstić information content (AvgIpc) is 2.53. The Morgan fingerprint density at radius 2 is 1.81 bits per heavy atom. The van der Waals surface area contributed by atoms with E-state index in [1.54, 1.807) is 0 Å². The summed E-state index contributed by atoms with van der Waals surface area (Å²) < 4.78 is 0.856. The average molecular weight is 290 g/mol. The van der Waals surface area contributed by atoms with E-state index in [2.05, 4.69) is 24.0 Å². The molecule has 21 heavy (non-hydrogen) atoms. The quantitative estimate of drug-likeness (QED) is 0.680. The Balaban J connectivity index is 2.25. The van der Waals surface area contributed by atoms with Crippen LogP contribution in [0.2, 0.25) is 0 Å². The highest BCUT2D eigenvalue weighted by Crippen LogP contribution is 2.32. The number of rotatable bonds is 2. The van der Waals surface area contributed by atoms with Gasteiger partial charge in [-0.1, -0.05) is 49.5 Å². The van der Waals surface area contributed by atoms with E-state index in [1.807, 2.05) is 48.8 Å². The molecule has 1 atom stereocenters. The minimum absolute atomic E-state index is 0.174. The monoisotopic (exact) mass is 290 g/mol. The molecule has 0 saturated heterocycles. The number of benzene rings is 2. The molecule has 0 bridgehead atoms. The second-order valence-corrected chi connectivity index (χ2v) is 5.49. The van der Waals surface area contributed by atoms with Gasteiger partial charge in [-0.25, -0.2) is 0 Å². The lowest BCUT2D eigenvalue weighted by Gasteiger charge is -2.16. The van der Waals surface area contributed by atoms with Crippen molar-refractivity contribution in [1.29, 1.82) is 5.26 Å². The second-order valence-electron chi connectivity index (χ2n) is 5.05. The van der Waals surface area contributed by atoms with Gasteiger partial charge in [0.1, 0.15) is 0 Å². The van der Waals surface area contributed by atoms with Gasteiger partial charge in [0.05, 0.1) is 11.6 Å². The Kier molecular flexibility index (Phi) is 3.55. The van der Waals surface area contributed by atoms with Gasteiger partial charge in [0, 0.05) is 22.8 Å². The first-order chi connectivity index (χ1) is 10.2. The van der Waals surface area contributed by atoms with Crippen molar-refractivity contribution in [3.05, 3.63) is 76.1 Å². The maximum absolute atomic E-state index is 9.25. The Labute approximate surface area is 128 Å². The highest BCUT2D eigenvalue weighted by atomic mass is 32.1. The first-order valence-electron chi connectivity index (χ1n) is 6.81. The van der Waals surface area contributed by atoms with Crippen LogP contribution in [0.1, 0.15) is 29.5 Å². The summed E-state index contributed by atoms with van der Waals surface area (Å²) in [5.41, 5.74) is 3.00. The van der Waals surface area contributed by atoms with Gasteiger partial charge in [-0.05, 0) is 34.0 Å². The van der Waals surface area contributed by atoms with Gasteiger partial charge < -0.3 is 4.98 Å². The van der Waals surface area contributed by atoms with Crippen molar-refractivity contribution < 1.29 is 0 Å². The van der Waals surface area contributed by atoms with E-state index in [4.69, 9.17) is 12.2 Å². The summed E-state index contributed by atoms with van der Waals surface area (Å²) in [6.45, 7) is 2.15. The smallest absolute Gasteiger partial charge is 0.0998 e. The summed E-state index contributed by atoms with van der Waals surface area (Å²) in [6.07, 6.45) is 3.80. The largest absolute Gasteiger partial charge is 0.367 e. The number of hydrogen-bond donors (Lipinski definition) is 1. The van der Waals surface area contributed by atoms with Crippen molar-refractivity contribution in [3.63, 3.8) is 0 Å². The molecular formula is C18H14N2S. The maximum Gasteiger partial charge on any atom is 0.0998 e. The molecule has 1 aromatic heterocycles. The Morgan fingerprint density at radius 1 is 1.05 bits per heavy atom. The summed E-state index contributed by atoms with van der Waals surface area (Å²) >= 11 is 5.43. The summed E-state index contributed by atoms with van der Waals surface area (Å²) in [5.74, 6) is 0.174. The van der Waals surface area contributed by atoms with E-state index in [0.717, 1.165) is 20.8 Å². The van der Waals surface area contributed by atoms with Gasteiger partial charge in [0.25, 0.3) is 0 Å². The van der Waals surface area contributed by atoms with Crippen molar-refractivity contribution in [2.24, 2.45) is 0 Å². The third-order valence-electron chi connectivity index (χ3n) is 3.87. The van der Waals surface area contributed by atoms with Gasteiger partial charge in [-0.2, -0.15) is 5.26 Å². The zero-order chi connectivity index (χ0) is 14.8. The molecule has 2 aromatic carbocycles. The van der Waals surface area contributed by atoms with Crippen LogP contribution in [-0.2, 0) is 0 Å². The van der Waals surface area contributed by atoms with Crippen LogP contribution in [0.5, 0.6) is 0 Å². The number of nitriles is 1. The number of pyridine rings is 1. The number of H-pyrrole nitrogens is 1. The molecule has 0 amide bonds. The lowest BCUT2D eigenvalue weighted by molar-refractivity contribution is 0.917. The zero-order valence-corrected chi connectivity index (χ0v) is 12.4. The molecule has 0 fully saturated rings. The maximum atomic E-state index is 9.25. The molecule has 3 rings (SSSR count). The number of nitrogens with zero attached hydrogens (tertiary/aromatic N) is 1. The van der Waals surface area contributed by atoms with E-state index in [0.29, 0.717) is 5.56 Å². The Morgan fingerprint density at radius 3 is 2.52 bits per heavy atom. The second kappa shape index (κ2) is 5.51. The molecule has 102 valence electrons. The molecular weight excluding hydrogens is 276 g/mol. The first kappa shape index (κ1) is 13.5. The van der Waals surface area contributed by atoms with Crippen LogP contribution in [0.25, 0.3) is 10.8 Å². The summed E-state index contributed by atoms with van der Waals surface area (Å²) in [5, 5.41) is 11.4. The molecule has 0 saturated carbocycles. The van der Waals surface area contributed by atoms with E-state index < -0.39 is 0 Å². The van der Waals surface area contributed by atoms with Crippen LogP contribution in [0.4, 0.5) is 0 Å². The predicted octanol–water partition coefficient (Wildman–Crippen LogP) is 4.92. The minimum Gasteiger partial charge on any atom is -0.367 e. The van der Waals surface area contributed by atoms with Crippen LogP contribution in [0.3, 0.4) is 0 Å². The highest BCUT2D eigenvalue weighted by molar-refractivity contribution is 7.71. The van der Waals surface area contributed by atoms with Gasteiger partial charge in [0.15, 0.2) is 0 Å². The topological polar surface area (TPSA) is 39.6 Å². The van der Waals surface area contributed by atoms with Gasteiger partial charge in [-0.3, -0.25) is 0 Å². The third-order valence-corrected chi connectivity index (χ3v) is 4.24. The standard InChI is InChI=1S/C18H14N2S/c1-12(17-11-20-9-8-18(17)21)14-7-6-13(10-19)15-4-2-3-5-16(14)15/h2-9,11-12H,1H3,(H,20,21). The third kappa shape index (κ3) is 2.35. The van der Waals surface area contributed by atoms with Gasteiger partial charge >= 0.3 is 0 Å². The fourth-order valence-corrected chi connectivity index (χ4v) is 3.04. The lowest BCUT2D eigenvalue weighted by atomic mass is 9.89. The van der Waals surface area contributed by atoms with Crippen LogP contribution < -0.4 is 0 Å². The fraction of sp³-hybridized carbons (Fsp3) is 0.111. The van der Waals surface area contributed by atoms with Crippen molar-refractivity contribution in [1.82, 2.24) is 4.98 Å². The van der Waals surface area contributed by atoms with Crippen LogP contribution in [0, 0.1) is 15.8 Å². The van der Waals surface area contributed by atoms with E-state index in [1.165, 1.54) is 5.56 Å². The molecule has 1 heterocycles. The Bertz CT molecular complexity index is 903. The van der Waals surface area contributed by atoms with E-state index >= 15 is 0 Å².